The van der Waals surface area contributed by atoms with Crippen molar-refractivity contribution in [3.8, 4) is 0 Å². The van der Waals surface area contributed by atoms with E-state index in [9.17, 15) is 0 Å². The zero-order valence-corrected chi connectivity index (χ0v) is 8.94. The number of nitrogens with zero attached hydrogens (tertiary/aromatic N) is 1. The van der Waals surface area contributed by atoms with Crippen LogP contribution in [0.25, 0.3) is 0 Å². The van der Waals surface area contributed by atoms with Crippen LogP contribution in [0.15, 0.2) is 12.0 Å². The van der Waals surface area contributed by atoms with Gasteiger partial charge in [0.2, 0.25) is 0 Å². The first-order chi connectivity index (χ1) is 4.52. The van der Waals surface area contributed by atoms with Crippen molar-refractivity contribution in [2.45, 2.75) is 26.6 Å². The molecule has 0 fully saturated rings. The van der Waals surface area contributed by atoms with Crippen molar-refractivity contribution in [3.05, 3.63) is 17.4 Å². The number of aryl methyl sites for hydroxylation is 1. The third kappa shape index (κ3) is 1.50. The molecule has 1 rings (SSSR count). The summed E-state index contributed by atoms with van der Waals surface area (Å²) in [6.45, 7) is 9.30. The number of hydrogen-bond donors (Lipinski definition) is 0. The van der Waals surface area contributed by atoms with E-state index in [4.69, 9.17) is 0 Å². The number of rotatable bonds is 1. The molecule has 0 atom stereocenters. The van der Waals surface area contributed by atoms with E-state index in [1.165, 1.54) is 13.6 Å². The Morgan fingerprint density at radius 1 is 1.40 bits per heavy atom. The van der Waals surface area contributed by atoms with E-state index in [-0.39, 0.29) is 0 Å². The molecular formula is C7H14NPSi. The predicted molar refractivity (Wildman–Crippen MR) is 50.4 cm³/mol. The maximum atomic E-state index is 2.45. The second-order valence-electron chi connectivity index (χ2n) is 3.52. The summed E-state index contributed by atoms with van der Waals surface area (Å²) in [7, 11) is 0.296. The summed E-state index contributed by atoms with van der Waals surface area (Å²) in [4.78, 5) is 0. The molecule has 1 aromatic rings. The summed E-state index contributed by atoms with van der Waals surface area (Å²) in [5.74, 6) is 2.22. The fourth-order valence-electron chi connectivity index (χ4n) is 1.09. The van der Waals surface area contributed by atoms with Crippen molar-refractivity contribution < 1.29 is 0 Å². The molecule has 0 bridgehead atoms. The van der Waals surface area contributed by atoms with Gasteiger partial charge < -0.3 is 4.23 Å². The molecule has 0 saturated carbocycles. The van der Waals surface area contributed by atoms with Crippen molar-refractivity contribution in [1.82, 2.24) is 4.23 Å². The second kappa shape index (κ2) is 2.52. The smallest absolute Gasteiger partial charge is 0.152 e. The largest absolute Gasteiger partial charge is 0.375 e. The van der Waals surface area contributed by atoms with E-state index in [0.717, 1.165) is 0 Å². The highest BCUT2D eigenvalue weighted by Crippen LogP contribution is 2.18. The van der Waals surface area contributed by atoms with E-state index >= 15 is 0 Å². The molecule has 0 aliphatic carbocycles. The normalized spacial score (nSPS) is 12.8. The SMILES string of the molecule is Cc1pccn1[Si](C)(C)C. The van der Waals surface area contributed by atoms with Crippen LogP contribution in [0, 0.1) is 6.92 Å². The summed E-state index contributed by atoms with van der Waals surface area (Å²) in [6.07, 6.45) is 2.23. The Labute approximate surface area is 65.3 Å². The zero-order valence-electron chi connectivity index (χ0n) is 7.05. The monoisotopic (exact) mass is 171 g/mol. The van der Waals surface area contributed by atoms with Crippen LogP contribution in [-0.4, -0.2) is 12.5 Å². The summed E-state index contributed by atoms with van der Waals surface area (Å²) < 4.78 is 2.45. The van der Waals surface area contributed by atoms with Crippen LogP contribution in [0.1, 0.15) is 5.43 Å². The van der Waals surface area contributed by atoms with E-state index < -0.39 is 8.24 Å². The maximum absolute atomic E-state index is 2.45. The minimum Gasteiger partial charge on any atom is -0.375 e. The van der Waals surface area contributed by atoms with Crippen molar-refractivity contribution >= 4 is 16.4 Å². The Bertz CT molecular complexity index is 224. The van der Waals surface area contributed by atoms with Crippen LogP contribution < -0.4 is 0 Å². The highest BCUT2D eigenvalue weighted by molar-refractivity contribution is 7.30. The van der Waals surface area contributed by atoms with E-state index in [0.29, 0.717) is 0 Å². The van der Waals surface area contributed by atoms with Gasteiger partial charge in [-0.05, 0) is 12.7 Å². The minimum atomic E-state index is -1.08. The zero-order chi connectivity index (χ0) is 7.78. The summed E-state index contributed by atoms with van der Waals surface area (Å²) in [5, 5.41) is 0. The van der Waals surface area contributed by atoms with Gasteiger partial charge in [-0.1, -0.05) is 27.8 Å². The van der Waals surface area contributed by atoms with Gasteiger partial charge in [-0.2, -0.15) is 0 Å². The Hall–Kier alpha value is -0.0731. The molecule has 3 heteroatoms. The number of aromatic nitrogens is 1. The first-order valence-electron chi connectivity index (χ1n) is 3.52. The van der Waals surface area contributed by atoms with Gasteiger partial charge in [0.1, 0.15) is 0 Å². The van der Waals surface area contributed by atoms with Gasteiger partial charge in [0.25, 0.3) is 0 Å². The van der Waals surface area contributed by atoms with Crippen LogP contribution in [0.5, 0.6) is 0 Å². The summed E-state index contributed by atoms with van der Waals surface area (Å²) in [5.41, 5.74) is 1.49. The molecule has 0 aliphatic rings. The molecule has 0 amide bonds. The predicted octanol–water partition coefficient (Wildman–Crippen LogP) is 3.06. The van der Waals surface area contributed by atoms with Crippen molar-refractivity contribution in [2.24, 2.45) is 0 Å². The van der Waals surface area contributed by atoms with E-state index in [1.807, 2.05) is 0 Å². The molecule has 0 aromatic carbocycles. The lowest BCUT2D eigenvalue weighted by Gasteiger charge is -2.20. The molecule has 56 valence electrons. The van der Waals surface area contributed by atoms with Gasteiger partial charge in [-0.15, -0.1) is 0 Å². The lowest BCUT2D eigenvalue weighted by atomic mass is 10.8. The third-order valence-electron chi connectivity index (χ3n) is 1.55. The highest BCUT2D eigenvalue weighted by Gasteiger charge is 2.16. The standard InChI is InChI=1S/C7H14NPSi/c1-7-8(5-6-9-7)10(2,3)4/h5-6H,1-4H3. The molecule has 10 heavy (non-hydrogen) atoms. The first kappa shape index (κ1) is 8.03. The quantitative estimate of drug-likeness (QED) is 0.572. The molecule has 0 aliphatic heterocycles. The Balaban J connectivity index is 3.05. The first-order valence-corrected chi connectivity index (χ1v) is 7.93. The second-order valence-corrected chi connectivity index (χ2v) is 9.54. The van der Waals surface area contributed by atoms with Gasteiger partial charge in [0.15, 0.2) is 8.24 Å². The fraction of sp³-hybridized carbons (Fsp3) is 0.571. The van der Waals surface area contributed by atoms with Gasteiger partial charge in [-0.25, -0.2) is 0 Å². The molecule has 0 spiro atoms. The maximum Gasteiger partial charge on any atom is 0.152 e. The fourth-order valence-corrected chi connectivity index (χ4v) is 4.39. The molecule has 1 heterocycles. The number of hydrogen-bond acceptors (Lipinski definition) is 0. The Morgan fingerprint density at radius 3 is 2.20 bits per heavy atom. The van der Waals surface area contributed by atoms with Crippen molar-refractivity contribution in [3.63, 3.8) is 0 Å². The molecule has 1 nitrogen and oxygen atoms in total. The van der Waals surface area contributed by atoms with E-state index in [2.05, 4.69) is 42.8 Å². The highest BCUT2D eigenvalue weighted by atomic mass is 31.0. The van der Waals surface area contributed by atoms with Gasteiger partial charge in [-0.3, -0.25) is 0 Å². The Morgan fingerprint density at radius 2 is 2.00 bits per heavy atom. The molecule has 0 radical (unpaired) electrons. The molecule has 0 unspecified atom stereocenters. The van der Waals surface area contributed by atoms with Gasteiger partial charge in [0, 0.05) is 11.6 Å². The molecular weight excluding hydrogens is 157 g/mol. The topological polar surface area (TPSA) is 4.93 Å². The molecule has 0 saturated heterocycles. The Kier molecular flexibility index (Phi) is 2.02. The van der Waals surface area contributed by atoms with Gasteiger partial charge >= 0.3 is 0 Å². The lowest BCUT2D eigenvalue weighted by molar-refractivity contribution is 1.09. The average Bonchev–Trinajstić information content (AvgIpc) is 2.11. The minimum absolute atomic E-state index is 1.08. The van der Waals surface area contributed by atoms with Crippen LogP contribution in [0.3, 0.4) is 0 Å². The van der Waals surface area contributed by atoms with Crippen LogP contribution >= 0.6 is 8.19 Å². The summed E-state index contributed by atoms with van der Waals surface area (Å²) >= 11 is 0. The average molecular weight is 171 g/mol. The van der Waals surface area contributed by atoms with Crippen molar-refractivity contribution in [1.29, 1.82) is 0 Å². The summed E-state index contributed by atoms with van der Waals surface area (Å²) in [6, 6.07) is 0. The van der Waals surface area contributed by atoms with E-state index in [1.54, 1.807) is 0 Å². The molecule has 1 aromatic heterocycles. The molecule has 0 N–H and O–H groups in total. The van der Waals surface area contributed by atoms with Crippen LogP contribution in [0.2, 0.25) is 19.6 Å². The van der Waals surface area contributed by atoms with Crippen LogP contribution in [-0.2, 0) is 0 Å². The van der Waals surface area contributed by atoms with Crippen molar-refractivity contribution in [2.75, 3.05) is 0 Å². The van der Waals surface area contributed by atoms with Gasteiger partial charge in [0.05, 0.1) is 0 Å². The third-order valence-corrected chi connectivity index (χ3v) is 4.54. The van der Waals surface area contributed by atoms with Crippen LogP contribution in [0.4, 0.5) is 0 Å². The lowest BCUT2D eigenvalue weighted by Crippen LogP contribution is -2.31.